The molecule has 0 aliphatic carbocycles. The SMILES string of the molecule is CC(=O)N1CCc2ccccc2C1CC(=O)NCC(=O)N1CCCC1. The molecule has 1 fully saturated rings. The quantitative estimate of drug-likeness (QED) is 0.895. The molecule has 3 rings (SSSR count). The molecule has 1 aromatic carbocycles. The van der Waals surface area contributed by atoms with E-state index >= 15 is 0 Å². The molecule has 0 bridgehead atoms. The Morgan fingerprint density at radius 2 is 1.84 bits per heavy atom. The van der Waals surface area contributed by atoms with E-state index < -0.39 is 0 Å². The number of fused-ring (bicyclic) bond motifs is 1. The van der Waals surface area contributed by atoms with Crippen LogP contribution >= 0.6 is 0 Å². The Morgan fingerprint density at radius 1 is 1.12 bits per heavy atom. The van der Waals surface area contributed by atoms with Crippen molar-refractivity contribution in [2.24, 2.45) is 0 Å². The Hall–Kier alpha value is -2.37. The first-order valence-corrected chi connectivity index (χ1v) is 8.95. The molecule has 25 heavy (non-hydrogen) atoms. The van der Waals surface area contributed by atoms with Crippen molar-refractivity contribution in [3.63, 3.8) is 0 Å². The molecular weight excluding hydrogens is 318 g/mol. The first kappa shape index (κ1) is 17.5. The number of rotatable bonds is 4. The van der Waals surface area contributed by atoms with Gasteiger partial charge in [0, 0.05) is 26.6 Å². The zero-order chi connectivity index (χ0) is 17.8. The molecule has 2 aliphatic heterocycles. The molecular formula is C19H25N3O3. The molecule has 1 atom stereocenters. The van der Waals surface area contributed by atoms with Gasteiger partial charge in [-0.15, -0.1) is 0 Å². The van der Waals surface area contributed by atoms with Gasteiger partial charge in [0.2, 0.25) is 17.7 Å². The van der Waals surface area contributed by atoms with E-state index in [9.17, 15) is 14.4 Å². The molecule has 0 spiro atoms. The van der Waals surface area contributed by atoms with Gasteiger partial charge in [0.05, 0.1) is 19.0 Å². The summed E-state index contributed by atoms with van der Waals surface area (Å²) in [6.45, 7) is 3.76. The number of hydrogen-bond acceptors (Lipinski definition) is 3. The maximum atomic E-state index is 12.4. The van der Waals surface area contributed by atoms with Crippen LogP contribution < -0.4 is 5.32 Å². The van der Waals surface area contributed by atoms with Crippen molar-refractivity contribution < 1.29 is 14.4 Å². The summed E-state index contributed by atoms with van der Waals surface area (Å²) in [6.07, 6.45) is 3.06. The third-order valence-corrected chi connectivity index (χ3v) is 5.09. The molecule has 6 heteroatoms. The van der Waals surface area contributed by atoms with Gasteiger partial charge in [0.25, 0.3) is 0 Å². The largest absolute Gasteiger partial charge is 0.347 e. The van der Waals surface area contributed by atoms with Gasteiger partial charge in [-0.2, -0.15) is 0 Å². The van der Waals surface area contributed by atoms with Gasteiger partial charge in [-0.25, -0.2) is 0 Å². The minimum atomic E-state index is -0.260. The number of hydrogen-bond donors (Lipinski definition) is 1. The second-order valence-electron chi connectivity index (χ2n) is 6.75. The molecule has 0 aromatic heterocycles. The first-order chi connectivity index (χ1) is 12.1. The van der Waals surface area contributed by atoms with Crippen molar-refractivity contribution in [2.75, 3.05) is 26.2 Å². The zero-order valence-electron chi connectivity index (χ0n) is 14.7. The van der Waals surface area contributed by atoms with Crippen LogP contribution in [0.4, 0.5) is 0 Å². The highest BCUT2D eigenvalue weighted by Crippen LogP contribution is 2.32. The summed E-state index contributed by atoms with van der Waals surface area (Å²) in [7, 11) is 0. The predicted molar refractivity (Wildman–Crippen MR) is 93.7 cm³/mol. The molecule has 0 saturated carbocycles. The van der Waals surface area contributed by atoms with Crippen LogP contribution in [0.25, 0.3) is 0 Å². The molecule has 6 nitrogen and oxygen atoms in total. The van der Waals surface area contributed by atoms with E-state index in [2.05, 4.69) is 11.4 Å². The zero-order valence-corrected chi connectivity index (χ0v) is 14.7. The minimum Gasteiger partial charge on any atom is -0.347 e. The Kier molecular flexibility index (Phi) is 5.36. The molecule has 1 aromatic rings. The van der Waals surface area contributed by atoms with Crippen molar-refractivity contribution >= 4 is 17.7 Å². The van der Waals surface area contributed by atoms with Crippen LogP contribution in [0.3, 0.4) is 0 Å². The maximum absolute atomic E-state index is 12.4. The summed E-state index contributed by atoms with van der Waals surface area (Å²) in [4.78, 5) is 40.0. The molecule has 2 aliphatic rings. The van der Waals surface area contributed by atoms with Crippen LogP contribution in [0.1, 0.15) is 43.4 Å². The summed E-state index contributed by atoms with van der Waals surface area (Å²) in [6, 6.07) is 7.69. The van der Waals surface area contributed by atoms with Crippen molar-refractivity contribution in [3.8, 4) is 0 Å². The average molecular weight is 343 g/mol. The number of nitrogens with zero attached hydrogens (tertiary/aromatic N) is 2. The van der Waals surface area contributed by atoms with Gasteiger partial charge < -0.3 is 15.1 Å². The van der Waals surface area contributed by atoms with Crippen molar-refractivity contribution in [1.82, 2.24) is 15.1 Å². The second kappa shape index (κ2) is 7.68. The van der Waals surface area contributed by atoms with E-state index in [1.165, 1.54) is 12.5 Å². The van der Waals surface area contributed by atoms with E-state index in [0.29, 0.717) is 6.54 Å². The van der Waals surface area contributed by atoms with Crippen LogP contribution in [-0.2, 0) is 20.8 Å². The number of likely N-dealkylation sites (tertiary alicyclic amines) is 1. The third kappa shape index (κ3) is 4.00. The highest BCUT2D eigenvalue weighted by molar-refractivity contribution is 5.85. The molecule has 1 unspecified atom stereocenters. The van der Waals surface area contributed by atoms with Crippen LogP contribution in [0, 0.1) is 0 Å². The number of nitrogens with one attached hydrogen (secondary N) is 1. The van der Waals surface area contributed by atoms with E-state index in [1.807, 2.05) is 18.2 Å². The highest BCUT2D eigenvalue weighted by atomic mass is 16.2. The Balaban J connectivity index is 1.63. The van der Waals surface area contributed by atoms with E-state index in [1.54, 1.807) is 9.80 Å². The fraction of sp³-hybridized carbons (Fsp3) is 0.526. The lowest BCUT2D eigenvalue weighted by molar-refractivity contribution is -0.135. The van der Waals surface area contributed by atoms with Gasteiger partial charge in [0.15, 0.2) is 0 Å². The predicted octanol–water partition coefficient (Wildman–Crippen LogP) is 1.26. The second-order valence-corrected chi connectivity index (χ2v) is 6.75. The van der Waals surface area contributed by atoms with Crippen LogP contribution in [0.5, 0.6) is 0 Å². The molecule has 1 N–H and O–H groups in total. The van der Waals surface area contributed by atoms with Gasteiger partial charge in [-0.3, -0.25) is 14.4 Å². The topological polar surface area (TPSA) is 69.7 Å². The summed E-state index contributed by atoms with van der Waals surface area (Å²) in [5, 5.41) is 2.73. The molecule has 134 valence electrons. The summed E-state index contributed by atoms with van der Waals surface area (Å²) < 4.78 is 0. The van der Waals surface area contributed by atoms with Crippen molar-refractivity contribution in [3.05, 3.63) is 35.4 Å². The van der Waals surface area contributed by atoms with Gasteiger partial charge in [-0.1, -0.05) is 24.3 Å². The molecule has 0 radical (unpaired) electrons. The van der Waals surface area contributed by atoms with E-state index in [-0.39, 0.29) is 36.7 Å². The fourth-order valence-electron chi connectivity index (χ4n) is 3.75. The van der Waals surface area contributed by atoms with E-state index in [0.717, 1.165) is 37.9 Å². The number of benzene rings is 1. The lowest BCUT2D eigenvalue weighted by Gasteiger charge is -2.36. The van der Waals surface area contributed by atoms with Crippen molar-refractivity contribution in [2.45, 2.75) is 38.6 Å². The third-order valence-electron chi connectivity index (χ3n) is 5.09. The molecule has 3 amide bonds. The summed E-state index contributed by atoms with van der Waals surface area (Å²) >= 11 is 0. The van der Waals surface area contributed by atoms with Crippen LogP contribution in [0.15, 0.2) is 24.3 Å². The fourth-order valence-corrected chi connectivity index (χ4v) is 3.75. The Bertz CT molecular complexity index is 668. The van der Waals surface area contributed by atoms with Crippen LogP contribution in [-0.4, -0.2) is 53.7 Å². The normalized spacial score (nSPS) is 19.5. The Morgan fingerprint density at radius 3 is 2.56 bits per heavy atom. The summed E-state index contributed by atoms with van der Waals surface area (Å²) in [5.74, 6) is -0.251. The van der Waals surface area contributed by atoms with Gasteiger partial charge in [-0.05, 0) is 30.4 Å². The van der Waals surface area contributed by atoms with Gasteiger partial charge >= 0.3 is 0 Å². The number of carbonyl (C=O) groups is 3. The maximum Gasteiger partial charge on any atom is 0.241 e. The monoisotopic (exact) mass is 343 g/mol. The lowest BCUT2D eigenvalue weighted by Crippen LogP contribution is -2.43. The number of amides is 3. The standard InChI is InChI=1S/C19H25N3O3/c1-14(23)22-11-8-15-6-2-3-7-16(15)17(22)12-18(24)20-13-19(25)21-9-4-5-10-21/h2-3,6-7,17H,4-5,8-13H2,1H3,(H,20,24). The summed E-state index contributed by atoms with van der Waals surface area (Å²) in [5.41, 5.74) is 2.22. The van der Waals surface area contributed by atoms with Gasteiger partial charge in [0.1, 0.15) is 0 Å². The lowest BCUT2D eigenvalue weighted by atomic mass is 9.90. The van der Waals surface area contributed by atoms with Crippen LogP contribution in [0.2, 0.25) is 0 Å². The molecule has 2 heterocycles. The first-order valence-electron chi connectivity index (χ1n) is 8.95. The number of carbonyl (C=O) groups excluding carboxylic acids is 3. The Labute approximate surface area is 148 Å². The smallest absolute Gasteiger partial charge is 0.241 e. The molecule has 1 saturated heterocycles. The minimum absolute atomic E-state index is 0.0274. The highest BCUT2D eigenvalue weighted by Gasteiger charge is 2.30. The average Bonchev–Trinajstić information content (AvgIpc) is 3.14. The van der Waals surface area contributed by atoms with E-state index in [4.69, 9.17) is 0 Å². The van der Waals surface area contributed by atoms with Crippen molar-refractivity contribution in [1.29, 1.82) is 0 Å².